The zero-order valence-corrected chi connectivity index (χ0v) is 8.17. The van der Waals surface area contributed by atoms with Gasteiger partial charge in [0.2, 0.25) is 0 Å². The number of hydrogen-bond acceptors (Lipinski definition) is 5. The molecule has 0 amide bonds. The van der Waals surface area contributed by atoms with E-state index in [9.17, 15) is 9.59 Å². The van der Waals surface area contributed by atoms with Gasteiger partial charge < -0.3 is 9.47 Å². The fraction of sp³-hybridized carbons (Fsp3) is 0.250. The second kappa shape index (κ2) is 7.42. The van der Waals surface area contributed by atoms with Gasteiger partial charge in [0.15, 0.2) is 0 Å². The summed E-state index contributed by atoms with van der Waals surface area (Å²) in [7, 11) is 2.59. The molecule has 0 N–H and O–H groups in total. The van der Waals surface area contributed by atoms with Crippen molar-refractivity contribution in [3.05, 3.63) is 23.0 Å². The third-order valence-electron chi connectivity index (χ3n) is 0.968. The van der Waals surface area contributed by atoms with Crippen molar-refractivity contribution < 1.29 is 19.1 Å². The van der Waals surface area contributed by atoms with E-state index < -0.39 is 11.9 Å². The Balaban J connectivity index is 3.66. The summed E-state index contributed by atoms with van der Waals surface area (Å²) < 4.78 is 8.69. The topological polar surface area (TPSA) is 52.6 Å². The summed E-state index contributed by atoms with van der Waals surface area (Å²) in [5, 5.41) is 3.01. The molecule has 0 heterocycles. The molecule has 5 heteroatoms. The van der Waals surface area contributed by atoms with Crippen molar-refractivity contribution in [2.75, 3.05) is 14.2 Å². The summed E-state index contributed by atoms with van der Waals surface area (Å²) >= 11 is 1.18. The third-order valence-corrected chi connectivity index (χ3v) is 1.55. The number of carbonyl (C=O) groups is 2. The molecule has 0 atom stereocenters. The highest BCUT2D eigenvalue weighted by molar-refractivity contribution is 8.04. The number of thioether (sulfide) groups is 1. The summed E-state index contributed by atoms with van der Waals surface area (Å²) in [4.78, 5) is 21.1. The number of methoxy groups -OCH3 is 2. The summed E-state index contributed by atoms with van der Waals surface area (Å²) in [6.07, 6.45) is 2.51. The predicted octanol–water partition coefficient (Wildman–Crippen LogP) is 1.09. The van der Waals surface area contributed by atoms with Crippen LogP contribution >= 0.6 is 11.8 Å². The molecule has 0 spiro atoms. The molecule has 0 aliphatic carbocycles. The number of esters is 2. The predicted molar refractivity (Wildman–Crippen MR) is 49.9 cm³/mol. The van der Waals surface area contributed by atoms with Crippen LogP contribution in [0.15, 0.2) is 23.0 Å². The lowest BCUT2D eigenvalue weighted by atomic mass is 10.7. The van der Waals surface area contributed by atoms with Gasteiger partial charge in [-0.2, -0.15) is 0 Å². The van der Waals surface area contributed by atoms with Crippen LogP contribution in [-0.4, -0.2) is 26.2 Å². The van der Waals surface area contributed by atoms with Crippen molar-refractivity contribution >= 4 is 23.7 Å². The van der Waals surface area contributed by atoms with Crippen molar-refractivity contribution in [2.24, 2.45) is 0 Å². The molecule has 0 fully saturated rings. The van der Waals surface area contributed by atoms with Gasteiger partial charge in [-0.05, 0) is 10.8 Å². The maximum atomic E-state index is 10.5. The maximum absolute atomic E-state index is 10.5. The lowest BCUT2D eigenvalue weighted by Crippen LogP contribution is -1.93. The SMILES string of the molecule is COC(=O)/C=C/S/C=C/C(=O)OC. The molecule has 0 saturated heterocycles. The molecule has 0 aliphatic heterocycles. The van der Waals surface area contributed by atoms with Crippen LogP contribution in [0.4, 0.5) is 0 Å². The Kier molecular flexibility index (Phi) is 6.72. The van der Waals surface area contributed by atoms with Crippen LogP contribution in [0.25, 0.3) is 0 Å². The molecule has 0 saturated carbocycles. The molecule has 13 heavy (non-hydrogen) atoms. The van der Waals surface area contributed by atoms with Gasteiger partial charge in [0.05, 0.1) is 14.2 Å². The molecule has 0 aromatic carbocycles. The van der Waals surface area contributed by atoms with E-state index in [0.29, 0.717) is 0 Å². The molecular weight excluding hydrogens is 192 g/mol. The summed E-state index contributed by atoms with van der Waals surface area (Å²) in [5.74, 6) is -0.863. The molecule has 0 aliphatic rings. The van der Waals surface area contributed by atoms with Crippen molar-refractivity contribution in [1.82, 2.24) is 0 Å². The van der Waals surface area contributed by atoms with E-state index in [1.54, 1.807) is 0 Å². The normalized spacial score (nSPS) is 10.6. The number of rotatable bonds is 4. The Hall–Kier alpha value is -1.23. The van der Waals surface area contributed by atoms with Crippen molar-refractivity contribution in [3.8, 4) is 0 Å². The first-order valence-electron chi connectivity index (χ1n) is 3.35. The van der Waals surface area contributed by atoms with E-state index >= 15 is 0 Å². The fourth-order valence-electron chi connectivity index (χ4n) is 0.371. The average molecular weight is 202 g/mol. The van der Waals surface area contributed by atoms with Gasteiger partial charge in [0.25, 0.3) is 0 Å². The van der Waals surface area contributed by atoms with Gasteiger partial charge in [-0.3, -0.25) is 0 Å². The Morgan fingerprint density at radius 3 is 1.69 bits per heavy atom. The monoisotopic (exact) mass is 202 g/mol. The van der Waals surface area contributed by atoms with Gasteiger partial charge in [-0.1, -0.05) is 0 Å². The van der Waals surface area contributed by atoms with Crippen LogP contribution in [-0.2, 0) is 19.1 Å². The van der Waals surface area contributed by atoms with Gasteiger partial charge in [0.1, 0.15) is 0 Å². The molecular formula is C8H10O4S. The highest BCUT2D eigenvalue weighted by atomic mass is 32.2. The van der Waals surface area contributed by atoms with Crippen LogP contribution in [0, 0.1) is 0 Å². The average Bonchev–Trinajstić information content (AvgIpc) is 2.16. The molecule has 0 rings (SSSR count). The maximum Gasteiger partial charge on any atom is 0.330 e. The number of hydrogen-bond donors (Lipinski definition) is 0. The molecule has 0 radical (unpaired) electrons. The molecule has 72 valence electrons. The molecule has 0 unspecified atom stereocenters. The zero-order valence-electron chi connectivity index (χ0n) is 7.35. The first-order valence-corrected chi connectivity index (χ1v) is 4.29. The van der Waals surface area contributed by atoms with E-state index in [-0.39, 0.29) is 0 Å². The molecule has 0 aromatic heterocycles. The minimum absolute atomic E-state index is 0.432. The van der Waals surface area contributed by atoms with Gasteiger partial charge in [-0.25, -0.2) is 9.59 Å². The summed E-state index contributed by atoms with van der Waals surface area (Å²) in [5.41, 5.74) is 0. The van der Waals surface area contributed by atoms with E-state index in [2.05, 4.69) is 9.47 Å². The first-order chi connectivity index (χ1) is 6.20. The Morgan fingerprint density at radius 1 is 1.00 bits per heavy atom. The number of ether oxygens (including phenoxy) is 2. The number of carbonyl (C=O) groups excluding carboxylic acids is 2. The van der Waals surface area contributed by atoms with Crippen molar-refractivity contribution in [2.45, 2.75) is 0 Å². The minimum atomic E-state index is -0.432. The largest absolute Gasteiger partial charge is 0.466 e. The van der Waals surface area contributed by atoms with Crippen LogP contribution in [0.5, 0.6) is 0 Å². The third kappa shape index (κ3) is 7.14. The Labute approximate surface area is 80.6 Å². The first kappa shape index (κ1) is 11.8. The zero-order chi connectivity index (χ0) is 10.1. The standard InChI is InChI=1S/C8H10O4S/c1-11-7(9)3-5-13-6-4-8(10)12-2/h3-6H,1-2H3/b5-3+,6-4+. The second-order valence-corrected chi connectivity index (χ2v) is 2.60. The van der Waals surface area contributed by atoms with Crippen molar-refractivity contribution in [1.29, 1.82) is 0 Å². The lowest BCUT2D eigenvalue weighted by molar-refractivity contribution is -0.135. The smallest absolute Gasteiger partial charge is 0.330 e. The van der Waals surface area contributed by atoms with Gasteiger partial charge in [0, 0.05) is 12.2 Å². The minimum Gasteiger partial charge on any atom is -0.466 e. The Bertz CT molecular complexity index is 208. The van der Waals surface area contributed by atoms with Gasteiger partial charge >= 0.3 is 11.9 Å². The Morgan fingerprint density at radius 2 is 1.38 bits per heavy atom. The van der Waals surface area contributed by atoms with Crippen molar-refractivity contribution in [3.63, 3.8) is 0 Å². The van der Waals surface area contributed by atoms with Crippen LogP contribution < -0.4 is 0 Å². The molecule has 4 nitrogen and oxygen atoms in total. The van der Waals surface area contributed by atoms with E-state index in [1.165, 1.54) is 48.9 Å². The van der Waals surface area contributed by atoms with E-state index in [4.69, 9.17) is 0 Å². The van der Waals surface area contributed by atoms with E-state index in [1.807, 2.05) is 0 Å². The second-order valence-electron chi connectivity index (χ2n) is 1.79. The highest BCUT2D eigenvalue weighted by Crippen LogP contribution is 2.03. The fourth-order valence-corrected chi connectivity index (χ4v) is 0.841. The van der Waals surface area contributed by atoms with Crippen LogP contribution in [0.3, 0.4) is 0 Å². The highest BCUT2D eigenvalue weighted by Gasteiger charge is 1.90. The lowest BCUT2D eigenvalue weighted by Gasteiger charge is -1.88. The summed E-state index contributed by atoms with van der Waals surface area (Å²) in [6, 6.07) is 0. The van der Waals surface area contributed by atoms with E-state index in [0.717, 1.165) is 0 Å². The van der Waals surface area contributed by atoms with Crippen LogP contribution in [0.1, 0.15) is 0 Å². The van der Waals surface area contributed by atoms with Crippen LogP contribution in [0.2, 0.25) is 0 Å². The molecule has 0 aromatic rings. The van der Waals surface area contributed by atoms with Gasteiger partial charge in [-0.15, -0.1) is 11.8 Å². The summed E-state index contributed by atoms with van der Waals surface area (Å²) in [6.45, 7) is 0. The quantitative estimate of drug-likeness (QED) is 0.504. The molecule has 0 bridgehead atoms.